The molecule has 24 heavy (non-hydrogen) atoms. The fraction of sp³-hybridized carbons (Fsp3) is 0.625. The van der Waals surface area contributed by atoms with Crippen LogP contribution in [0.1, 0.15) is 32.3 Å². The molecule has 0 bridgehead atoms. The van der Waals surface area contributed by atoms with E-state index in [0.29, 0.717) is 26.2 Å². The Bertz CT molecular complexity index is 705. The molecule has 2 aromatic rings. The molecule has 3 heterocycles. The molecule has 1 fully saturated rings. The zero-order valence-corrected chi connectivity index (χ0v) is 14.5. The summed E-state index contributed by atoms with van der Waals surface area (Å²) in [7, 11) is 0. The number of carbonyl (C=O) groups excluding carboxylic acids is 1. The second kappa shape index (κ2) is 6.72. The first kappa shape index (κ1) is 16.6. The van der Waals surface area contributed by atoms with Crippen molar-refractivity contribution >= 4 is 5.91 Å². The van der Waals surface area contributed by atoms with Crippen molar-refractivity contribution in [2.75, 3.05) is 19.7 Å². The molecule has 0 unspecified atom stereocenters. The monoisotopic (exact) mass is 332 g/mol. The van der Waals surface area contributed by atoms with Crippen LogP contribution in [0.5, 0.6) is 0 Å². The molecule has 0 aromatic carbocycles. The van der Waals surface area contributed by atoms with Crippen LogP contribution in [0.4, 0.5) is 0 Å². The number of imidazole rings is 1. The summed E-state index contributed by atoms with van der Waals surface area (Å²) in [6.45, 7) is 8.67. The average molecular weight is 332 g/mol. The average Bonchev–Trinajstić information content (AvgIpc) is 3.16. The quantitative estimate of drug-likeness (QED) is 0.806. The van der Waals surface area contributed by atoms with E-state index in [0.717, 1.165) is 17.9 Å². The van der Waals surface area contributed by atoms with Gasteiger partial charge in [-0.3, -0.25) is 4.79 Å². The van der Waals surface area contributed by atoms with Crippen molar-refractivity contribution < 1.29 is 9.53 Å². The summed E-state index contributed by atoms with van der Waals surface area (Å²) in [5, 5.41) is 8.24. The summed E-state index contributed by atoms with van der Waals surface area (Å²) in [5.41, 5.74) is 0.525. The Hall–Kier alpha value is -2.22. The third kappa shape index (κ3) is 3.81. The van der Waals surface area contributed by atoms with E-state index < -0.39 is 0 Å². The lowest BCUT2D eigenvalue weighted by molar-refractivity contribution is -0.146. The molecular formula is C16H24N6O2. The predicted octanol–water partition coefficient (Wildman–Crippen LogP) is 0.723. The summed E-state index contributed by atoms with van der Waals surface area (Å²) < 4.78 is 9.29. The molecule has 0 N–H and O–H groups in total. The van der Waals surface area contributed by atoms with Crippen LogP contribution >= 0.6 is 0 Å². The minimum atomic E-state index is -0.292. The minimum Gasteiger partial charge on any atom is -0.372 e. The van der Waals surface area contributed by atoms with Crippen LogP contribution < -0.4 is 0 Å². The number of ether oxygens (including phenoxy) is 1. The number of aromatic nitrogens is 5. The zero-order valence-electron chi connectivity index (χ0n) is 14.5. The van der Waals surface area contributed by atoms with E-state index in [2.05, 4.69) is 22.2 Å². The number of morpholine rings is 1. The highest BCUT2D eigenvalue weighted by molar-refractivity contribution is 5.76. The summed E-state index contributed by atoms with van der Waals surface area (Å²) in [6.07, 6.45) is 6.40. The van der Waals surface area contributed by atoms with Crippen LogP contribution in [0.2, 0.25) is 0 Å². The van der Waals surface area contributed by atoms with Gasteiger partial charge in [0.2, 0.25) is 5.91 Å². The lowest BCUT2D eigenvalue weighted by Crippen LogP contribution is -2.51. The fourth-order valence-electron chi connectivity index (χ4n) is 2.93. The molecule has 1 aliphatic rings. The highest BCUT2D eigenvalue weighted by atomic mass is 16.5. The molecule has 1 amide bonds. The topological polar surface area (TPSA) is 78.1 Å². The largest absolute Gasteiger partial charge is 0.372 e. The van der Waals surface area contributed by atoms with Crippen LogP contribution in [0.15, 0.2) is 18.6 Å². The van der Waals surface area contributed by atoms with Gasteiger partial charge in [-0.15, -0.1) is 5.10 Å². The Morgan fingerprint density at radius 3 is 3.00 bits per heavy atom. The molecule has 0 spiro atoms. The molecule has 0 atom stereocenters. The number of carbonyl (C=O) groups is 1. The molecule has 2 aromatic heterocycles. The van der Waals surface area contributed by atoms with Gasteiger partial charge in [-0.25, -0.2) is 9.67 Å². The second-order valence-corrected chi connectivity index (χ2v) is 6.66. The van der Waals surface area contributed by atoms with E-state index in [1.54, 1.807) is 10.9 Å². The molecular weight excluding hydrogens is 308 g/mol. The second-order valence-electron chi connectivity index (χ2n) is 6.66. The van der Waals surface area contributed by atoms with Crippen molar-refractivity contribution in [2.24, 2.45) is 0 Å². The SMILES string of the molecule is CCc1nccn1Cc1cn(CC(=O)N2CCOC(C)(C)C2)nn1. The normalized spacial score (nSPS) is 17.2. The Morgan fingerprint density at radius 1 is 1.42 bits per heavy atom. The van der Waals surface area contributed by atoms with Crippen molar-refractivity contribution in [3.05, 3.63) is 30.1 Å². The maximum Gasteiger partial charge on any atom is 0.244 e. The van der Waals surface area contributed by atoms with E-state index in [4.69, 9.17) is 4.74 Å². The van der Waals surface area contributed by atoms with Crippen molar-refractivity contribution in [3.63, 3.8) is 0 Å². The number of hydrogen-bond donors (Lipinski definition) is 0. The molecule has 3 rings (SSSR count). The standard InChI is InChI=1S/C16H24N6O2/c1-4-14-17-5-6-20(14)9-13-10-22(19-18-13)11-15(23)21-7-8-24-16(2,3)12-21/h5-6,10H,4,7-9,11-12H2,1-3H3. The highest BCUT2D eigenvalue weighted by Gasteiger charge is 2.30. The van der Waals surface area contributed by atoms with Crippen molar-refractivity contribution in [2.45, 2.75) is 45.9 Å². The maximum atomic E-state index is 12.4. The number of nitrogens with zero attached hydrogens (tertiary/aromatic N) is 6. The molecule has 1 saturated heterocycles. The Morgan fingerprint density at radius 2 is 2.25 bits per heavy atom. The summed E-state index contributed by atoms with van der Waals surface area (Å²) in [5.74, 6) is 1.05. The van der Waals surface area contributed by atoms with Gasteiger partial charge in [0, 0.05) is 31.9 Å². The first-order valence-corrected chi connectivity index (χ1v) is 8.27. The number of rotatable bonds is 5. The van der Waals surface area contributed by atoms with Gasteiger partial charge in [0.1, 0.15) is 18.1 Å². The van der Waals surface area contributed by atoms with E-state index in [-0.39, 0.29) is 18.1 Å². The van der Waals surface area contributed by atoms with E-state index in [1.807, 2.05) is 35.7 Å². The fourth-order valence-corrected chi connectivity index (χ4v) is 2.93. The molecule has 130 valence electrons. The van der Waals surface area contributed by atoms with E-state index in [1.165, 1.54) is 0 Å². The van der Waals surface area contributed by atoms with Crippen molar-refractivity contribution in [3.8, 4) is 0 Å². The van der Waals surface area contributed by atoms with Gasteiger partial charge in [0.25, 0.3) is 0 Å². The Labute approximate surface area is 141 Å². The predicted molar refractivity (Wildman–Crippen MR) is 87.3 cm³/mol. The number of aryl methyl sites for hydroxylation is 1. The molecule has 8 heteroatoms. The molecule has 0 aliphatic carbocycles. The lowest BCUT2D eigenvalue weighted by Gasteiger charge is -2.38. The molecule has 1 aliphatic heterocycles. The van der Waals surface area contributed by atoms with Crippen LogP contribution in [0, 0.1) is 0 Å². The smallest absolute Gasteiger partial charge is 0.244 e. The van der Waals surface area contributed by atoms with Crippen molar-refractivity contribution in [1.29, 1.82) is 0 Å². The van der Waals surface area contributed by atoms with Gasteiger partial charge in [-0.1, -0.05) is 12.1 Å². The van der Waals surface area contributed by atoms with Crippen LogP contribution in [0.3, 0.4) is 0 Å². The first-order chi connectivity index (χ1) is 11.5. The maximum absolute atomic E-state index is 12.4. The van der Waals surface area contributed by atoms with Gasteiger partial charge >= 0.3 is 0 Å². The lowest BCUT2D eigenvalue weighted by atomic mass is 10.1. The molecule has 0 saturated carbocycles. The molecule has 8 nitrogen and oxygen atoms in total. The Balaban J connectivity index is 1.60. The van der Waals surface area contributed by atoms with Gasteiger partial charge < -0.3 is 14.2 Å². The summed E-state index contributed by atoms with van der Waals surface area (Å²) >= 11 is 0. The number of hydrogen-bond acceptors (Lipinski definition) is 5. The van der Waals surface area contributed by atoms with Crippen LogP contribution in [0.25, 0.3) is 0 Å². The highest BCUT2D eigenvalue weighted by Crippen LogP contribution is 2.16. The van der Waals surface area contributed by atoms with E-state index >= 15 is 0 Å². The summed E-state index contributed by atoms with van der Waals surface area (Å²) in [6, 6.07) is 0. The molecule has 0 radical (unpaired) electrons. The Kier molecular flexibility index (Phi) is 4.66. The van der Waals surface area contributed by atoms with Crippen molar-refractivity contribution in [1.82, 2.24) is 29.4 Å². The number of amides is 1. The van der Waals surface area contributed by atoms with Gasteiger partial charge in [0.05, 0.1) is 24.9 Å². The first-order valence-electron chi connectivity index (χ1n) is 8.27. The van der Waals surface area contributed by atoms with Gasteiger partial charge in [0.15, 0.2) is 0 Å². The minimum absolute atomic E-state index is 0.0414. The van der Waals surface area contributed by atoms with Gasteiger partial charge in [-0.2, -0.15) is 0 Å². The summed E-state index contributed by atoms with van der Waals surface area (Å²) in [4.78, 5) is 18.6. The van der Waals surface area contributed by atoms with Gasteiger partial charge in [-0.05, 0) is 13.8 Å². The van der Waals surface area contributed by atoms with E-state index in [9.17, 15) is 4.79 Å². The zero-order chi connectivity index (χ0) is 17.2. The van der Waals surface area contributed by atoms with Crippen LogP contribution in [-0.4, -0.2) is 60.6 Å². The third-order valence-corrected chi connectivity index (χ3v) is 4.11. The van der Waals surface area contributed by atoms with Crippen LogP contribution in [-0.2, 0) is 29.0 Å². The third-order valence-electron chi connectivity index (χ3n) is 4.11.